The molecule has 22 heavy (non-hydrogen) atoms. The Morgan fingerprint density at radius 2 is 2.00 bits per heavy atom. The Morgan fingerprint density at radius 3 is 2.68 bits per heavy atom. The van der Waals surface area contributed by atoms with Crippen LogP contribution < -0.4 is 15.4 Å². The largest absolute Gasteiger partial charge is 0.491 e. The maximum absolute atomic E-state index is 13.1. The Kier molecular flexibility index (Phi) is 5.98. The standard InChI is InChI=1S/C16H16ClFN2OS/c1-11(10-21-13-5-3-2-4-6-13)19-16(22)20-12-7-8-15(18)14(17)9-12/h2-9,11H,10H2,1H3,(H2,19,20,22). The third kappa shape index (κ3) is 5.16. The number of ether oxygens (including phenoxy) is 1. The van der Waals surface area contributed by atoms with Gasteiger partial charge in [0.25, 0.3) is 0 Å². The Morgan fingerprint density at radius 1 is 1.27 bits per heavy atom. The van der Waals surface area contributed by atoms with Crippen molar-refractivity contribution in [3.8, 4) is 5.75 Å². The van der Waals surface area contributed by atoms with Crippen molar-refractivity contribution in [2.45, 2.75) is 13.0 Å². The van der Waals surface area contributed by atoms with Gasteiger partial charge in [-0.05, 0) is 49.5 Å². The van der Waals surface area contributed by atoms with Gasteiger partial charge >= 0.3 is 0 Å². The van der Waals surface area contributed by atoms with E-state index in [0.717, 1.165) is 5.75 Å². The summed E-state index contributed by atoms with van der Waals surface area (Å²) in [5.41, 5.74) is 0.625. The van der Waals surface area contributed by atoms with Crippen LogP contribution in [-0.4, -0.2) is 17.8 Å². The van der Waals surface area contributed by atoms with Gasteiger partial charge < -0.3 is 15.4 Å². The molecule has 0 spiro atoms. The van der Waals surface area contributed by atoms with Crippen LogP contribution in [0.3, 0.4) is 0 Å². The summed E-state index contributed by atoms with van der Waals surface area (Å²) in [5.74, 6) is 0.344. The van der Waals surface area contributed by atoms with Crippen molar-refractivity contribution in [1.29, 1.82) is 0 Å². The van der Waals surface area contributed by atoms with Crippen LogP contribution in [0, 0.1) is 5.82 Å². The first kappa shape index (κ1) is 16.5. The second kappa shape index (κ2) is 7.96. The van der Waals surface area contributed by atoms with Crippen molar-refractivity contribution in [3.63, 3.8) is 0 Å². The lowest BCUT2D eigenvalue weighted by molar-refractivity contribution is 0.287. The number of hydrogen-bond acceptors (Lipinski definition) is 2. The molecule has 0 heterocycles. The maximum atomic E-state index is 13.1. The zero-order chi connectivity index (χ0) is 15.9. The maximum Gasteiger partial charge on any atom is 0.171 e. The number of para-hydroxylation sites is 1. The lowest BCUT2D eigenvalue weighted by atomic mass is 10.3. The topological polar surface area (TPSA) is 33.3 Å². The zero-order valence-electron chi connectivity index (χ0n) is 12.0. The molecule has 0 bridgehead atoms. The Balaban J connectivity index is 1.79. The molecule has 0 aliphatic rings. The minimum atomic E-state index is -0.462. The first-order valence-corrected chi connectivity index (χ1v) is 7.53. The highest BCUT2D eigenvalue weighted by molar-refractivity contribution is 7.80. The molecule has 6 heteroatoms. The minimum Gasteiger partial charge on any atom is -0.491 e. The summed E-state index contributed by atoms with van der Waals surface area (Å²) >= 11 is 10.9. The third-order valence-corrected chi connectivity index (χ3v) is 3.31. The van der Waals surface area contributed by atoms with Crippen LogP contribution in [0.2, 0.25) is 5.02 Å². The number of thiocarbonyl (C=S) groups is 1. The van der Waals surface area contributed by atoms with E-state index in [1.807, 2.05) is 37.3 Å². The molecule has 0 amide bonds. The zero-order valence-corrected chi connectivity index (χ0v) is 13.5. The molecular weight excluding hydrogens is 323 g/mol. The van der Waals surface area contributed by atoms with Crippen molar-refractivity contribution in [2.75, 3.05) is 11.9 Å². The number of benzene rings is 2. The highest BCUT2D eigenvalue weighted by Gasteiger charge is 2.07. The van der Waals surface area contributed by atoms with Crippen LogP contribution in [0.4, 0.5) is 10.1 Å². The molecule has 2 aromatic rings. The predicted octanol–water partition coefficient (Wildman–Crippen LogP) is 4.23. The molecule has 1 unspecified atom stereocenters. The van der Waals surface area contributed by atoms with Gasteiger partial charge in [0.1, 0.15) is 18.2 Å². The van der Waals surface area contributed by atoms with Gasteiger partial charge in [-0.1, -0.05) is 29.8 Å². The highest BCUT2D eigenvalue weighted by atomic mass is 35.5. The predicted molar refractivity (Wildman–Crippen MR) is 92.2 cm³/mol. The van der Waals surface area contributed by atoms with Crippen LogP contribution >= 0.6 is 23.8 Å². The van der Waals surface area contributed by atoms with E-state index in [1.165, 1.54) is 12.1 Å². The highest BCUT2D eigenvalue weighted by Crippen LogP contribution is 2.19. The van der Waals surface area contributed by atoms with Crippen molar-refractivity contribution in [1.82, 2.24) is 5.32 Å². The van der Waals surface area contributed by atoms with Gasteiger partial charge in [0.2, 0.25) is 0 Å². The molecule has 116 valence electrons. The third-order valence-electron chi connectivity index (χ3n) is 2.80. The summed E-state index contributed by atoms with van der Waals surface area (Å²) in [6.45, 7) is 2.42. The smallest absolute Gasteiger partial charge is 0.171 e. The first-order valence-electron chi connectivity index (χ1n) is 6.75. The molecule has 0 aliphatic heterocycles. The summed E-state index contributed by atoms with van der Waals surface area (Å²) in [4.78, 5) is 0. The Bertz CT molecular complexity index is 639. The summed E-state index contributed by atoms with van der Waals surface area (Å²) in [6.07, 6.45) is 0. The van der Waals surface area contributed by atoms with E-state index in [1.54, 1.807) is 6.07 Å². The van der Waals surface area contributed by atoms with Gasteiger partial charge in [-0.25, -0.2) is 4.39 Å². The van der Waals surface area contributed by atoms with Crippen LogP contribution in [-0.2, 0) is 0 Å². The second-order valence-electron chi connectivity index (χ2n) is 4.75. The van der Waals surface area contributed by atoms with Gasteiger partial charge in [-0.2, -0.15) is 0 Å². The molecular formula is C16H16ClFN2OS. The quantitative estimate of drug-likeness (QED) is 0.799. The van der Waals surface area contributed by atoms with E-state index in [4.69, 9.17) is 28.6 Å². The van der Waals surface area contributed by atoms with E-state index in [0.29, 0.717) is 17.4 Å². The molecule has 0 aliphatic carbocycles. The fraction of sp³-hybridized carbons (Fsp3) is 0.188. The summed E-state index contributed by atoms with van der Waals surface area (Å²) < 4.78 is 18.7. The van der Waals surface area contributed by atoms with E-state index >= 15 is 0 Å². The van der Waals surface area contributed by atoms with Crippen molar-refractivity contribution in [2.24, 2.45) is 0 Å². The summed E-state index contributed by atoms with van der Waals surface area (Å²) in [5, 5.41) is 6.52. The average Bonchev–Trinajstić information content (AvgIpc) is 2.50. The van der Waals surface area contributed by atoms with Crippen LogP contribution in [0.5, 0.6) is 5.75 Å². The molecule has 0 aromatic heterocycles. The van der Waals surface area contributed by atoms with Gasteiger partial charge in [-0.15, -0.1) is 0 Å². The molecule has 0 saturated carbocycles. The molecule has 2 N–H and O–H groups in total. The molecule has 0 fully saturated rings. The van der Waals surface area contributed by atoms with Crippen molar-refractivity contribution in [3.05, 3.63) is 59.4 Å². The lowest BCUT2D eigenvalue weighted by Crippen LogP contribution is -2.39. The number of nitrogens with one attached hydrogen (secondary N) is 2. The van der Waals surface area contributed by atoms with E-state index < -0.39 is 5.82 Å². The van der Waals surface area contributed by atoms with Crippen LogP contribution in [0.15, 0.2) is 48.5 Å². The lowest BCUT2D eigenvalue weighted by Gasteiger charge is -2.17. The van der Waals surface area contributed by atoms with E-state index in [2.05, 4.69) is 10.6 Å². The summed E-state index contributed by atoms with van der Waals surface area (Å²) in [7, 11) is 0. The van der Waals surface area contributed by atoms with Crippen LogP contribution in [0.1, 0.15) is 6.92 Å². The SMILES string of the molecule is CC(COc1ccccc1)NC(=S)Nc1ccc(F)c(Cl)c1. The number of hydrogen-bond donors (Lipinski definition) is 2. The molecule has 3 nitrogen and oxygen atoms in total. The van der Waals surface area contributed by atoms with Gasteiger partial charge in [0.05, 0.1) is 11.1 Å². The fourth-order valence-electron chi connectivity index (χ4n) is 1.74. The minimum absolute atomic E-state index is 0.0103. The molecule has 1 atom stereocenters. The normalized spacial score (nSPS) is 11.6. The molecule has 0 saturated heterocycles. The Labute approximate surface area is 139 Å². The van der Waals surface area contributed by atoms with Crippen LogP contribution in [0.25, 0.3) is 0 Å². The first-order chi connectivity index (χ1) is 10.5. The average molecular weight is 339 g/mol. The molecule has 2 rings (SSSR count). The fourth-order valence-corrected chi connectivity index (χ4v) is 2.24. The number of anilines is 1. The summed E-state index contributed by atoms with van der Waals surface area (Å²) in [6, 6.07) is 13.9. The van der Waals surface area contributed by atoms with Gasteiger partial charge in [0, 0.05) is 5.69 Å². The van der Waals surface area contributed by atoms with Crippen molar-refractivity contribution >= 4 is 34.6 Å². The van der Waals surface area contributed by atoms with E-state index in [9.17, 15) is 4.39 Å². The molecule has 0 radical (unpaired) electrons. The van der Waals surface area contributed by atoms with Crippen molar-refractivity contribution < 1.29 is 9.13 Å². The van der Waals surface area contributed by atoms with E-state index in [-0.39, 0.29) is 11.1 Å². The number of rotatable bonds is 5. The monoisotopic (exact) mass is 338 g/mol. The van der Waals surface area contributed by atoms with Gasteiger partial charge in [0.15, 0.2) is 5.11 Å². The molecule has 2 aromatic carbocycles. The second-order valence-corrected chi connectivity index (χ2v) is 5.57. The Hall–Kier alpha value is -1.85. The van der Waals surface area contributed by atoms with Gasteiger partial charge in [-0.3, -0.25) is 0 Å². The number of halogens is 2.